The highest BCUT2D eigenvalue weighted by atomic mass is 16.5. The Bertz CT molecular complexity index is 846. The molecule has 35 heavy (non-hydrogen) atoms. The molecule has 2 aromatic carbocycles. The molecule has 2 rings (SSSR count). The first-order chi connectivity index (χ1) is 16.4. The highest BCUT2D eigenvalue weighted by molar-refractivity contribution is 5.94. The van der Waals surface area contributed by atoms with Gasteiger partial charge in [0, 0.05) is 24.2 Å². The molecule has 0 aliphatic heterocycles. The molecule has 0 spiro atoms. The van der Waals surface area contributed by atoms with Crippen LogP contribution in [0.4, 0.5) is 0 Å². The van der Waals surface area contributed by atoms with Crippen molar-refractivity contribution in [3.05, 3.63) is 59.7 Å². The second kappa shape index (κ2) is 13.2. The highest BCUT2D eigenvalue weighted by Gasteiger charge is 2.13. The topological polar surface area (TPSA) is 76.7 Å². The maximum absolute atomic E-state index is 12.3. The Hall–Kier alpha value is -3.02. The molecule has 0 saturated heterocycles. The van der Waals surface area contributed by atoms with E-state index in [2.05, 4.69) is 10.6 Å². The van der Waals surface area contributed by atoms with Gasteiger partial charge in [-0.25, -0.2) is 0 Å². The molecule has 6 heteroatoms. The Morgan fingerprint density at radius 1 is 0.571 bits per heavy atom. The lowest BCUT2D eigenvalue weighted by atomic mass is 10.1. The van der Waals surface area contributed by atoms with Crippen molar-refractivity contribution in [3.63, 3.8) is 0 Å². The maximum atomic E-state index is 12.3. The highest BCUT2D eigenvalue weighted by Crippen LogP contribution is 2.19. The second-order valence-electron chi connectivity index (χ2n) is 10.8. The first kappa shape index (κ1) is 28.2. The van der Waals surface area contributed by atoms with Crippen molar-refractivity contribution in [3.8, 4) is 11.5 Å². The van der Waals surface area contributed by atoms with E-state index in [9.17, 15) is 9.59 Å². The van der Waals surface area contributed by atoms with Crippen LogP contribution in [-0.4, -0.2) is 36.1 Å². The third-order valence-corrected chi connectivity index (χ3v) is 5.01. The standard InChI is InChI=1S/C29H42N2O4/c1-28(2,3)34-24-16-12-22(13-17-24)26(32)30-20-10-8-7-9-11-21-31-27(33)23-14-18-25(19-15-23)35-29(4,5)6/h12-19H,7-11,20-21H2,1-6H3,(H,30,32)(H,31,33). The average Bonchev–Trinajstić information content (AvgIpc) is 2.76. The van der Waals surface area contributed by atoms with Gasteiger partial charge in [0.15, 0.2) is 0 Å². The zero-order chi connectivity index (χ0) is 25.9. The average molecular weight is 483 g/mol. The molecule has 2 amide bonds. The Morgan fingerprint density at radius 2 is 0.886 bits per heavy atom. The summed E-state index contributed by atoms with van der Waals surface area (Å²) >= 11 is 0. The monoisotopic (exact) mass is 482 g/mol. The molecule has 0 saturated carbocycles. The first-order valence-corrected chi connectivity index (χ1v) is 12.6. The van der Waals surface area contributed by atoms with E-state index < -0.39 is 0 Å². The molecule has 0 fully saturated rings. The predicted molar refractivity (Wildman–Crippen MR) is 141 cm³/mol. The Kier molecular flexibility index (Phi) is 10.6. The van der Waals surface area contributed by atoms with Crippen LogP contribution in [0.3, 0.4) is 0 Å². The number of rotatable bonds is 12. The minimum Gasteiger partial charge on any atom is -0.488 e. The second-order valence-corrected chi connectivity index (χ2v) is 10.8. The number of amides is 2. The quantitative estimate of drug-likeness (QED) is 0.356. The van der Waals surface area contributed by atoms with Crippen molar-refractivity contribution in [2.24, 2.45) is 0 Å². The summed E-state index contributed by atoms with van der Waals surface area (Å²) in [6, 6.07) is 14.5. The lowest BCUT2D eigenvalue weighted by molar-refractivity contribution is 0.0945. The normalized spacial score (nSPS) is 11.6. The summed E-state index contributed by atoms with van der Waals surface area (Å²) in [5.41, 5.74) is 0.754. The van der Waals surface area contributed by atoms with Crippen molar-refractivity contribution >= 4 is 11.8 Å². The van der Waals surface area contributed by atoms with Gasteiger partial charge in [-0.3, -0.25) is 9.59 Å². The molecule has 2 aromatic rings. The molecule has 0 aromatic heterocycles. The van der Waals surface area contributed by atoms with Crippen LogP contribution in [0.25, 0.3) is 0 Å². The van der Waals surface area contributed by atoms with Crippen molar-refractivity contribution in [1.29, 1.82) is 0 Å². The van der Waals surface area contributed by atoms with Gasteiger partial charge in [0.2, 0.25) is 0 Å². The molecule has 192 valence electrons. The van der Waals surface area contributed by atoms with E-state index >= 15 is 0 Å². The predicted octanol–water partition coefficient (Wildman–Crippen LogP) is 6.15. The zero-order valence-corrected chi connectivity index (χ0v) is 22.2. The summed E-state index contributed by atoms with van der Waals surface area (Å²) in [5, 5.41) is 5.94. The van der Waals surface area contributed by atoms with Crippen LogP contribution in [-0.2, 0) is 0 Å². The molecule has 0 unspecified atom stereocenters. The van der Waals surface area contributed by atoms with E-state index in [0.717, 1.165) is 43.6 Å². The number of carbonyl (C=O) groups is 2. The molecule has 2 N–H and O–H groups in total. The van der Waals surface area contributed by atoms with E-state index in [1.54, 1.807) is 24.3 Å². The number of ether oxygens (including phenoxy) is 2. The number of benzene rings is 2. The minimum atomic E-state index is -0.261. The molecule has 6 nitrogen and oxygen atoms in total. The maximum Gasteiger partial charge on any atom is 0.251 e. The van der Waals surface area contributed by atoms with Crippen LogP contribution in [0.5, 0.6) is 11.5 Å². The third kappa shape index (κ3) is 11.8. The number of unbranched alkanes of at least 4 members (excludes halogenated alkanes) is 4. The Morgan fingerprint density at radius 3 is 1.20 bits per heavy atom. The molecule has 0 atom stereocenters. The number of hydrogen-bond acceptors (Lipinski definition) is 4. The van der Waals surface area contributed by atoms with Crippen molar-refractivity contribution < 1.29 is 19.1 Å². The molecule has 0 radical (unpaired) electrons. The summed E-state index contributed by atoms with van der Waals surface area (Å²) in [4.78, 5) is 24.6. The van der Waals surface area contributed by atoms with Gasteiger partial charge >= 0.3 is 0 Å². The largest absolute Gasteiger partial charge is 0.488 e. The van der Waals surface area contributed by atoms with E-state index in [0.29, 0.717) is 24.2 Å². The molecule has 0 bridgehead atoms. The van der Waals surface area contributed by atoms with Gasteiger partial charge in [-0.15, -0.1) is 0 Å². The Labute approximate surface area is 210 Å². The van der Waals surface area contributed by atoms with Gasteiger partial charge in [0.05, 0.1) is 0 Å². The van der Waals surface area contributed by atoms with Crippen LogP contribution in [0.2, 0.25) is 0 Å². The smallest absolute Gasteiger partial charge is 0.251 e. The number of carbonyl (C=O) groups excluding carboxylic acids is 2. The number of nitrogens with one attached hydrogen (secondary N) is 2. The van der Waals surface area contributed by atoms with Gasteiger partial charge < -0.3 is 20.1 Å². The van der Waals surface area contributed by atoms with E-state index in [4.69, 9.17) is 9.47 Å². The molecular formula is C29H42N2O4. The van der Waals surface area contributed by atoms with E-state index in [-0.39, 0.29) is 23.0 Å². The van der Waals surface area contributed by atoms with Crippen LogP contribution in [0, 0.1) is 0 Å². The van der Waals surface area contributed by atoms with Crippen LogP contribution >= 0.6 is 0 Å². The minimum absolute atomic E-state index is 0.0620. The van der Waals surface area contributed by atoms with Gasteiger partial charge in [-0.05, 0) is 103 Å². The zero-order valence-electron chi connectivity index (χ0n) is 22.2. The van der Waals surface area contributed by atoms with Crippen molar-refractivity contribution in [2.45, 2.75) is 84.8 Å². The summed E-state index contributed by atoms with van der Waals surface area (Å²) in [6.45, 7) is 13.3. The van der Waals surface area contributed by atoms with Gasteiger partial charge in [0.1, 0.15) is 22.7 Å². The fourth-order valence-corrected chi connectivity index (χ4v) is 3.44. The molecule has 0 aliphatic rings. The third-order valence-electron chi connectivity index (χ3n) is 5.01. The van der Waals surface area contributed by atoms with Crippen LogP contribution < -0.4 is 20.1 Å². The van der Waals surface area contributed by atoms with Crippen LogP contribution in [0.15, 0.2) is 48.5 Å². The summed E-state index contributed by atoms with van der Waals surface area (Å²) in [5.74, 6) is 1.39. The summed E-state index contributed by atoms with van der Waals surface area (Å²) < 4.78 is 11.6. The van der Waals surface area contributed by atoms with Gasteiger partial charge in [-0.1, -0.05) is 19.3 Å². The van der Waals surface area contributed by atoms with E-state index in [1.165, 1.54) is 0 Å². The Balaban J connectivity index is 1.53. The fraction of sp³-hybridized carbons (Fsp3) is 0.517. The van der Waals surface area contributed by atoms with Gasteiger partial charge in [0.25, 0.3) is 11.8 Å². The summed E-state index contributed by atoms with van der Waals surface area (Å²) in [7, 11) is 0. The lowest BCUT2D eigenvalue weighted by Crippen LogP contribution is -2.25. The molecule has 0 aliphatic carbocycles. The summed E-state index contributed by atoms with van der Waals surface area (Å²) in [6.07, 6.45) is 5.03. The fourth-order valence-electron chi connectivity index (χ4n) is 3.44. The van der Waals surface area contributed by atoms with Crippen LogP contribution in [0.1, 0.15) is 94.4 Å². The SMILES string of the molecule is CC(C)(C)Oc1ccc(C(=O)NCCCCCCCNC(=O)c2ccc(OC(C)(C)C)cc2)cc1. The number of hydrogen-bond donors (Lipinski definition) is 2. The van der Waals surface area contributed by atoms with Crippen molar-refractivity contribution in [2.75, 3.05) is 13.1 Å². The van der Waals surface area contributed by atoms with Crippen molar-refractivity contribution in [1.82, 2.24) is 10.6 Å². The van der Waals surface area contributed by atoms with E-state index in [1.807, 2.05) is 65.8 Å². The first-order valence-electron chi connectivity index (χ1n) is 12.6. The molecular weight excluding hydrogens is 440 g/mol. The van der Waals surface area contributed by atoms with Gasteiger partial charge in [-0.2, -0.15) is 0 Å². The lowest BCUT2D eigenvalue weighted by Gasteiger charge is -2.21. The molecule has 0 heterocycles.